The first-order chi connectivity index (χ1) is 8.70. The number of nitrogens with two attached hydrogens (primary N) is 1. The van der Waals surface area contributed by atoms with Crippen LogP contribution in [0, 0.1) is 0 Å². The molecule has 0 radical (unpaired) electrons. The van der Waals surface area contributed by atoms with E-state index in [0.29, 0.717) is 17.4 Å². The van der Waals surface area contributed by atoms with Gasteiger partial charge in [0.2, 0.25) is 0 Å². The summed E-state index contributed by atoms with van der Waals surface area (Å²) in [5.41, 5.74) is 7.88. The minimum Gasteiger partial charge on any atom is -0.362 e. The fraction of sp³-hybridized carbons (Fsp3) is 0.214. The molecule has 4 heteroatoms. The Morgan fingerprint density at radius 1 is 1.28 bits per heavy atom. The van der Waals surface area contributed by atoms with Crippen LogP contribution in [-0.4, -0.2) is 4.98 Å². The molecule has 0 aliphatic carbocycles. The van der Waals surface area contributed by atoms with E-state index in [9.17, 15) is 0 Å². The Kier molecular flexibility index (Phi) is 4.18. The number of nitrogens with zero attached hydrogens (tertiary/aromatic N) is 1. The molecule has 2 aromatic rings. The molecule has 0 bridgehead atoms. The van der Waals surface area contributed by atoms with Crippen LogP contribution in [0.1, 0.15) is 24.1 Å². The van der Waals surface area contributed by atoms with E-state index in [-0.39, 0.29) is 6.04 Å². The van der Waals surface area contributed by atoms with E-state index in [1.54, 1.807) is 6.20 Å². The summed E-state index contributed by atoms with van der Waals surface area (Å²) in [5, 5.41) is 3.92. The smallest absolute Gasteiger partial charge is 0.145 e. The first kappa shape index (κ1) is 12.9. The Morgan fingerprint density at radius 2 is 2.00 bits per heavy atom. The van der Waals surface area contributed by atoms with E-state index in [1.807, 2.05) is 24.3 Å². The Hall–Kier alpha value is -1.58. The maximum Gasteiger partial charge on any atom is 0.145 e. The van der Waals surface area contributed by atoms with Gasteiger partial charge < -0.3 is 11.1 Å². The number of benzene rings is 1. The van der Waals surface area contributed by atoms with Crippen molar-refractivity contribution in [2.45, 2.75) is 19.5 Å². The van der Waals surface area contributed by atoms with Crippen molar-refractivity contribution < 1.29 is 0 Å². The normalized spacial score (nSPS) is 12.2. The van der Waals surface area contributed by atoms with Crippen LogP contribution >= 0.6 is 11.6 Å². The zero-order valence-electron chi connectivity index (χ0n) is 10.2. The Morgan fingerprint density at radius 3 is 2.61 bits per heavy atom. The SMILES string of the molecule is CC(Nc1ncccc1Cl)c1ccc(CN)cc1. The van der Waals surface area contributed by atoms with Crippen molar-refractivity contribution in [2.75, 3.05) is 5.32 Å². The first-order valence-electron chi connectivity index (χ1n) is 5.86. The van der Waals surface area contributed by atoms with Gasteiger partial charge in [-0.1, -0.05) is 35.9 Å². The first-order valence-corrected chi connectivity index (χ1v) is 6.24. The van der Waals surface area contributed by atoms with Crippen LogP contribution in [0.25, 0.3) is 0 Å². The number of pyridine rings is 1. The number of nitrogens with one attached hydrogen (secondary N) is 1. The minimum atomic E-state index is 0.143. The van der Waals surface area contributed by atoms with Crippen LogP contribution in [0.5, 0.6) is 0 Å². The molecular weight excluding hydrogens is 246 g/mol. The van der Waals surface area contributed by atoms with Gasteiger partial charge in [-0.15, -0.1) is 0 Å². The van der Waals surface area contributed by atoms with Crippen LogP contribution in [0.2, 0.25) is 5.02 Å². The second kappa shape index (κ2) is 5.85. The van der Waals surface area contributed by atoms with Crippen LogP contribution in [0.4, 0.5) is 5.82 Å². The second-order valence-corrected chi connectivity index (χ2v) is 4.55. The highest BCUT2D eigenvalue weighted by atomic mass is 35.5. The molecule has 94 valence electrons. The summed E-state index contributed by atoms with van der Waals surface area (Å²) < 4.78 is 0. The van der Waals surface area contributed by atoms with Crippen molar-refractivity contribution in [1.29, 1.82) is 0 Å². The average molecular weight is 262 g/mol. The van der Waals surface area contributed by atoms with Crippen LogP contribution in [0.15, 0.2) is 42.6 Å². The number of hydrogen-bond acceptors (Lipinski definition) is 3. The lowest BCUT2D eigenvalue weighted by atomic mass is 10.1. The van der Waals surface area contributed by atoms with Crippen LogP contribution in [0.3, 0.4) is 0 Å². The molecule has 1 heterocycles. The van der Waals surface area contributed by atoms with Crippen LogP contribution < -0.4 is 11.1 Å². The van der Waals surface area contributed by atoms with E-state index in [2.05, 4.69) is 29.4 Å². The molecule has 1 aromatic heterocycles. The van der Waals surface area contributed by atoms with Gasteiger partial charge in [-0.05, 0) is 30.2 Å². The van der Waals surface area contributed by atoms with Crippen molar-refractivity contribution in [2.24, 2.45) is 5.73 Å². The lowest BCUT2D eigenvalue weighted by Crippen LogP contribution is -2.08. The number of hydrogen-bond donors (Lipinski definition) is 2. The van der Waals surface area contributed by atoms with Gasteiger partial charge in [-0.25, -0.2) is 4.98 Å². The second-order valence-electron chi connectivity index (χ2n) is 4.15. The quantitative estimate of drug-likeness (QED) is 0.887. The molecule has 1 unspecified atom stereocenters. The molecular formula is C14H16ClN3. The van der Waals surface area contributed by atoms with Crippen molar-refractivity contribution >= 4 is 17.4 Å². The third kappa shape index (κ3) is 3.00. The fourth-order valence-corrected chi connectivity index (χ4v) is 1.90. The summed E-state index contributed by atoms with van der Waals surface area (Å²) in [7, 11) is 0. The summed E-state index contributed by atoms with van der Waals surface area (Å²) in [6, 6.07) is 12.0. The van der Waals surface area contributed by atoms with Gasteiger partial charge in [0, 0.05) is 18.8 Å². The maximum absolute atomic E-state index is 6.06. The molecule has 0 aliphatic rings. The Balaban J connectivity index is 2.11. The lowest BCUT2D eigenvalue weighted by molar-refractivity contribution is 0.872. The largest absolute Gasteiger partial charge is 0.362 e. The number of rotatable bonds is 4. The number of aromatic nitrogens is 1. The standard InChI is InChI=1S/C14H16ClN3/c1-10(12-6-4-11(9-16)5-7-12)18-14-13(15)3-2-8-17-14/h2-8,10H,9,16H2,1H3,(H,17,18). The third-order valence-electron chi connectivity index (χ3n) is 2.83. The maximum atomic E-state index is 6.06. The molecule has 1 aromatic carbocycles. The molecule has 0 aliphatic heterocycles. The van der Waals surface area contributed by atoms with E-state index < -0.39 is 0 Å². The molecule has 0 saturated heterocycles. The third-order valence-corrected chi connectivity index (χ3v) is 3.13. The lowest BCUT2D eigenvalue weighted by Gasteiger charge is -2.16. The van der Waals surface area contributed by atoms with Crippen molar-refractivity contribution in [3.63, 3.8) is 0 Å². The molecule has 0 amide bonds. The van der Waals surface area contributed by atoms with E-state index >= 15 is 0 Å². The molecule has 0 spiro atoms. The summed E-state index contributed by atoms with van der Waals surface area (Å²) in [6.45, 7) is 2.64. The highest BCUT2D eigenvalue weighted by molar-refractivity contribution is 6.32. The highest BCUT2D eigenvalue weighted by Crippen LogP contribution is 2.23. The predicted octanol–water partition coefficient (Wildman–Crippen LogP) is 3.37. The van der Waals surface area contributed by atoms with Crippen molar-refractivity contribution in [3.8, 4) is 0 Å². The summed E-state index contributed by atoms with van der Waals surface area (Å²) in [5.74, 6) is 0.703. The fourth-order valence-electron chi connectivity index (χ4n) is 1.72. The zero-order valence-corrected chi connectivity index (χ0v) is 11.0. The topological polar surface area (TPSA) is 50.9 Å². The zero-order chi connectivity index (χ0) is 13.0. The van der Waals surface area contributed by atoms with Gasteiger partial charge in [0.25, 0.3) is 0 Å². The van der Waals surface area contributed by atoms with E-state index in [4.69, 9.17) is 17.3 Å². The highest BCUT2D eigenvalue weighted by Gasteiger charge is 2.08. The molecule has 18 heavy (non-hydrogen) atoms. The van der Waals surface area contributed by atoms with Gasteiger partial charge in [0.15, 0.2) is 0 Å². The van der Waals surface area contributed by atoms with Gasteiger partial charge in [0.1, 0.15) is 5.82 Å². The predicted molar refractivity (Wildman–Crippen MR) is 75.6 cm³/mol. The summed E-state index contributed by atoms with van der Waals surface area (Å²) in [6.07, 6.45) is 1.72. The number of halogens is 1. The van der Waals surface area contributed by atoms with E-state index in [0.717, 1.165) is 5.56 Å². The van der Waals surface area contributed by atoms with E-state index in [1.165, 1.54) is 5.56 Å². The number of anilines is 1. The summed E-state index contributed by atoms with van der Waals surface area (Å²) >= 11 is 6.06. The Bertz CT molecular complexity index is 511. The Labute approximate surface area is 112 Å². The van der Waals surface area contributed by atoms with Gasteiger partial charge in [0.05, 0.1) is 5.02 Å². The molecule has 3 N–H and O–H groups in total. The van der Waals surface area contributed by atoms with Crippen molar-refractivity contribution in [1.82, 2.24) is 4.98 Å². The van der Waals surface area contributed by atoms with Crippen LogP contribution in [-0.2, 0) is 6.54 Å². The molecule has 0 saturated carbocycles. The monoisotopic (exact) mass is 261 g/mol. The molecule has 3 nitrogen and oxygen atoms in total. The van der Waals surface area contributed by atoms with Gasteiger partial charge in [-0.3, -0.25) is 0 Å². The van der Waals surface area contributed by atoms with Crippen molar-refractivity contribution in [3.05, 3.63) is 58.7 Å². The van der Waals surface area contributed by atoms with Gasteiger partial charge >= 0.3 is 0 Å². The molecule has 1 atom stereocenters. The molecule has 0 fully saturated rings. The minimum absolute atomic E-state index is 0.143. The summed E-state index contributed by atoms with van der Waals surface area (Å²) in [4.78, 5) is 4.21. The van der Waals surface area contributed by atoms with Gasteiger partial charge in [-0.2, -0.15) is 0 Å². The average Bonchev–Trinajstić information content (AvgIpc) is 2.41. The molecule has 2 rings (SSSR count).